The molecule has 2 aromatic rings. The molecule has 0 spiro atoms. The van der Waals surface area contributed by atoms with E-state index in [-0.39, 0.29) is 8.80 Å². The molecule has 1 radical (unpaired) electrons. The van der Waals surface area contributed by atoms with E-state index >= 15 is 0 Å². The Morgan fingerprint density at radius 2 is 1.09 bits per heavy atom. The standard InChI is InChI=1S/C33H49Si/c1-3-5-7-9-27-11-13-29(14-12-27)30-15-17-31(18-16-30)32-19-21-33(22-20-32)34-25-23-28(24-26-34)10-8-6-4-2/h15-22,27-29H,3-14,23-26H2,1-2H3. The lowest BCUT2D eigenvalue weighted by Crippen LogP contribution is -2.33. The fourth-order valence-corrected chi connectivity index (χ4v) is 9.58. The first-order valence-corrected chi connectivity index (χ1v) is 16.7. The van der Waals surface area contributed by atoms with Crippen molar-refractivity contribution in [1.82, 2.24) is 0 Å². The van der Waals surface area contributed by atoms with Gasteiger partial charge in [-0.05, 0) is 60.1 Å². The van der Waals surface area contributed by atoms with Crippen LogP contribution in [-0.4, -0.2) is 8.80 Å². The van der Waals surface area contributed by atoms with Gasteiger partial charge in [-0.1, -0.05) is 144 Å². The number of benzene rings is 2. The van der Waals surface area contributed by atoms with Crippen LogP contribution in [0.1, 0.15) is 115 Å². The zero-order valence-electron chi connectivity index (χ0n) is 22.2. The van der Waals surface area contributed by atoms with Crippen molar-refractivity contribution in [3.63, 3.8) is 0 Å². The third-order valence-corrected chi connectivity index (χ3v) is 11.9. The summed E-state index contributed by atoms with van der Waals surface area (Å²) < 4.78 is 0. The largest absolute Gasteiger partial charge is 0.0856 e. The summed E-state index contributed by atoms with van der Waals surface area (Å²) in [5, 5.41) is 1.67. The first-order chi connectivity index (χ1) is 16.8. The van der Waals surface area contributed by atoms with Crippen molar-refractivity contribution < 1.29 is 0 Å². The minimum absolute atomic E-state index is 0.319. The maximum Gasteiger partial charge on any atom is 0.0856 e. The van der Waals surface area contributed by atoms with Gasteiger partial charge in [0.1, 0.15) is 0 Å². The van der Waals surface area contributed by atoms with Gasteiger partial charge in [-0.25, -0.2) is 0 Å². The Labute approximate surface area is 212 Å². The van der Waals surface area contributed by atoms with E-state index in [2.05, 4.69) is 62.4 Å². The fraction of sp³-hybridized carbons (Fsp3) is 0.636. The zero-order chi connectivity index (χ0) is 23.6. The average Bonchev–Trinajstić information content (AvgIpc) is 2.90. The molecule has 0 aromatic heterocycles. The minimum Gasteiger partial charge on any atom is -0.0654 e. The van der Waals surface area contributed by atoms with E-state index < -0.39 is 0 Å². The van der Waals surface area contributed by atoms with Crippen molar-refractivity contribution in [1.29, 1.82) is 0 Å². The molecule has 0 unspecified atom stereocenters. The molecule has 0 atom stereocenters. The SMILES string of the molecule is CCCCCC1CCC(c2ccc(-c3ccc([Si]4CCC(CCCCC)CC4)cc3)cc2)CC1. The molecule has 1 heteroatoms. The van der Waals surface area contributed by atoms with Gasteiger partial charge in [0.15, 0.2) is 0 Å². The molecule has 1 saturated carbocycles. The van der Waals surface area contributed by atoms with E-state index in [0.29, 0.717) is 0 Å². The molecule has 0 N–H and O–H groups in total. The summed E-state index contributed by atoms with van der Waals surface area (Å²) in [4.78, 5) is 0. The van der Waals surface area contributed by atoms with Crippen LogP contribution in [0.5, 0.6) is 0 Å². The van der Waals surface area contributed by atoms with Crippen molar-refractivity contribution >= 4 is 14.0 Å². The van der Waals surface area contributed by atoms with Crippen molar-refractivity contribution in [3.05, 3.63) is 54.1 Å². The number of rotatable bonds is 11. The second-order valence-corrected chi connectivity index (χ2v) is 14.2. The van der Waals surface area contributed by atoms with Crippen LogP contribution < -0.4 is 5.19 Å². The molecule has 4 rings (SSSR count). The van der Waals surface area contributed by atoms with E-state index in [1.54, 1.807) is 10.8 Å². The topological polar surface area (TPSA) is 0 Å². The highest BCUT2D eigenvalue weighted by molar-refractivity contribution is 6.73. The van der Waals surface area contributed by atoms with Gasteiger partial charge in [-0.15, -0.1) is 0 Å². The highest BCUT2D eigenvalue weighted by Gasteiger charge is 2.24. The van der Waals surface area contributed by atoms with E-state index in [1.807, 2.05) is 0 Å². The fourth-order valence-electron chi connectivity index (χ4n) is 6.60. The predicted molar refractivity (Wildman–Crippen MR) is 153 cm³/mol. The molecule has 1 saturated heterocycles. The number of hydrogen-bond acceptors (Lipinski definition) is 0. The van der Waals surface area contributed by atoms with Gasteiger partial charge in [0, 0.05) is 0 Å². The van der Waals surface area contributed by atoms with Crippen LogP contribution in [0.2, 0.25) is 12.1 Å². The van der Waals surface area contributed by atoms with Crippen molar-refractivity contribution in [2.24, 2.45) is 11.8 Å². The van der Waals surface area contributed by atoms with Crippen LogP contribution in [-0.2, 0) is 0 Å². The smallest absolute Gasteiger partial charge is 0.0654 e. The van der Waals surface area contributed by atoms with Crippen LogP contribution in [0, 0.1) is 11.8 Å². The molecule has 185 valence electrons. The molecule has 0 nitrogen and oxygen atoms in total. The third kappa shape index (κ3) is 7.33. The second-order valence-electron chi connectivity index (χ2n) is 11.5. The maximum absolute atomic E-state index is 2.47. The summed E-state index contributed by atoms with van der Waals surface area (Å²) in [6.07, 6.45) is 20.1. The van der Waals surface area contributed by atoms with Gasteiger partial charge in [-0.2, -0.15) is 0 Å². The van der Waals surface area contributed by atoms with Crippen molar-refractivity contribution in [3.8, 4) is 11.1 Å². The lowest BCUT2D eigenvalue weighted by atomic mass is 9.77. The average molecular weight is 474 g/mol. The molecule has 0 bridgehead atoms. The molecule has 34 heavy (non-hydrogen) atoms. The summed E-state index contributed by atoms with van der Waals surface area (Å²) >= 11 is 0. The van der Waals surface area contributed by atoms with E-state index in [9.17, 15) is 0 Å². The number of unbranched alkanes of at least 4 members (excludes halogenated alkanes) is 4. The Morgan fingerprint density at radius 1 is 0.588 bits per heavy atom. The molecule has 1 heterocycles. The van der Waals surface area contributed by atoms with Gasteiger partial charge in [0.25, 0.3) is 0 Å². The molecule has 2 fully saturated rings. The highest BCUT2D eigenvalue weighted by atomic mass is 28.3. The Balaban J connectivity index is 1.25. The van der Waals surface area contributed by atoms with Gasteiger partial charge in [0.05, 0.1) is 8.80 Å². The molecule has 0 amide bonds. The van der Waals surface area contributed by atoms with Crippen LogP contribution in [0.3, 0.4) is 0 Å². The first-order valence-electron chi connectivity index (χ1n) is 14.8. The number of hydrogen-bond donors (Lipinski definition) is 0. The van der Waals surface area contributed by atoms with Crippen molar-refractivity contribution in [2.75, 3.05) is 0 Å². The van der Waals surface area contributed by atoms with E-state index in [1.165, 1.54) is 113 Å². The summed E-state index contributed by atoms with van der Waals surface area (Å²) in [5.41, 5.74) is 4.36. The Hall–Kier alpha value is -1.34. The van der Waals surface area contributed by atoms with Crippen molar-refractivity contribution in [2.45, 2.75) is 122 Å². The molecule has 1 aliphatic heterocycles. The van der Waals surface area contributed by atoms with Gasteiger partial charge >= 0.3 is 0 Å². The van der Waals surface area contributed by atoms with Crippen LogP contribution in [0.15, 0.2) is 48.5 Å². The predicted octanol–water partition coefficient (Wildman–Crippen LogP) is 9.90. The summed E-state index contributed by atoms with van der Waals surface area (Å²) in [6, 6.07) is 22.3. The Bertz CT molecular complexity index is 733. The van der Waals surface area contributed by atoms with E-state index in [4.69, 9.17) is 0 Å². The summed E-state index contributed by atoms with van der Waals surface area (Å²) in [5.74, 6) is 2.81. The maximum atomic E-state index is 2.47. The lowest BCUT2D eigenvalue weighted by Gasteiger charge is -2.29. The Morgan fingerprint density at radius 3 is 1.62 bits per heavy atom. The second kappa shape index (κ2) is 13.7. The highest BCUT2D eigenvalue weighted by Crippen LogP contribution is 2.38. The molecule has 1 aliphatic carbocycles. The van der Waals surface area contributed by atoms with E-state index in [0.717, 1.165) is 17.8 Å². The van der Waals surface area contributed by atoms with Crippen LogP contribution in [0.25, 0.3) is 11.1 Å². The van der Waals surface area contributed by atoms with Crippen LogP contribution in [0.4, 0.5) is 0 Å². The monoisotopic (exact) mass is 473 g/mol. The van der Waals surface area contributed by atoms with Crippen LogP contribution >= 0.6 is 0 Å². The molecular formula is C33H49Si. The minimum atomic E-state index is -0.319. The quantitative estimate of drug-likeness (QED) is 0.225. The van der Waals surface area contributed by atoms with Gasteiger partial charge in [0.2, 0.25) is 0 Å². The third-order valence-electron chi connectivity index (χ3n) is 9.00. The normalized spacial score (nSPS) is 22.2. The zero-order valence-corrected chi connectivity index (χ0v) is 23.2. The van der Waals surface area contributed by atoms with Gasteiger partial charge < -0.3 is 0 Å². The molecule has 2 aromatic carbocycles. The lowest BCUT2D eigenvalue weighted by molar-refractivity contribution is 0.303. The Kier molecular flexibility index (Phi) is 10.3. The first kappa shape index (κ1) is 25.7. The van der Waals surface area contributed by atoms with Gasteiger partial charge in [-0.3, -0.25) is 0 Å². The molecule has 2 aliphatic rings. The summed E-state index contributed by atoms with van der Waals surface area (Å²) in [7, 11) is -0.319. The molecular weight excluding hydrogens is 424 g/mol. The summed E-state index contributed by atoms with van der Waals surface area (Å²) in [6.45, 7) is 4.64.